The molecule has 0 aliphatic carbocycles. The number of hydrogen-bond donors (Lipinski definition) is 2. The Labute approximate surface area is 199 Å². The van der Waals surface area contributed by atoms with Gasteiger partial charge in [0.2, 0.25) is 5.91 Å². The van der Waals surface area contributed by atoms with Crippen LogP contribution in [0.1, 0.15) is 52.5 Å². The second kappa shape index (κ2) is 13.0. The first kappa shape index (κ1) is 26.5. The summed E-state index contributed by atoms with van der Waals surface area (Å²) in [6.45, 7) is 12.6. The Bertz CT molecular complexity index is 680. The molecule has 7 heteroatoms. The van der Waals surface area contributed by atoms with E-state index in [9.17, 15) is 4.79 Å². The molecule has 1 saturated heterocycles. The molecule has 2 N–H and O–H groups in total. The molecule has 1 aliphatic rings. The number of halogens is 1. The van der Waals surface area contributed by atoms with Crippen LogP contribution in [0, 0.1) is 5.92 Å². The number of piperidine rings is 1. The first-order chi connectivity index (χ1) is 13.8. The summed E-state index contributed by atoms with van der Waals surface area (Å²) in [4.78, 5) is 18.6. The number of rotatable bonds is 7. The SMILES string of the molecule is CCNC(=NCCOc1cccc(C(C)(C)C)c1)N1CCC(CC(=O)NC)CC1.I. The fraction of sp³-hybridized carbons (Fsp3) is 0.652. The molecule has 1 aliphatic heterocycles. The number of hydrogen-bond acceptors (Lipinski definition) is 3. The summed E-state index contributed by atoms with van der Waals surface area (Å²) in [5.74, 6) is 2.44. The van der Waals surface area contributed by atoms with Gasteiger partial charge in [-0.25, -0.2) is 4.99 Å². The highest BCUT2D eigenvalue weighted by atomic mass is 127. The molecule has 1 fully saturated rings. The predicted molar refractivity (Wildman–Crippen MR) is 135 cm³/mol. The third-order valence-electron chi connectivity index (χ3n) is 5.32. The second-order valence-electron chi connectivity index (χ2n) is 8.67. The Kier molecular flexibility index (Phi) is 11.5. The van der Waals surface area contributed by atoms with Gasteiger partial charge < -0.3 is 20.3 Å². The van der Waals surface area contributed by atoms with Gasteiger partial charge in [0.05, 0.1) is 6.54 Å². The number of guanidine groups is 1. The molecule has 0 radical (unpaired) electrons. The van der Waals surface area contributed by atoms with Crippen molar-refractivity contribution in [2.75, 3.05) is 39.8 Å². The zero-order valence-electron chi connectivity index (χ0n) is 19.2. The van der Waals surface area contributed by atoms with Crippen molar-refractivity contribution in [1.29, 1.82) is 0 Å². The zero-order valence-corrected chi connectivity index (χ0v) is 21.5. The fourth-order valence-corrected chi connectivity index (χ4v) is 3.51. The Balaban J connectivity index is 0.00000450. The zero-order chi connectivity index (χ0) is 21.3. The quantitative estimate of drug-likeness (QED) is 0.244. The molecule has 0 atom stereocenters. The van der Waals surface area contributed by atoms with E-state index in [2.05, 4.69) is 55.4 Å². The molecule has 0 aromatic heterocycles. The van der Waals surface area contributed by atoms with Gasteiger partial charge in [0.25, 0.3) is 0 Å². The second-order valence-corrected chi connectivity index (χ2v) is 8.67. The van der Waals surface area contributed by atoms with Crippen molar-refractivity contribution in [3.05, 3.63) is 29.8 Å². The lowest BCUT2D eigenvalue weighted by atomic mass is 9.87. The summed E-state index contributed by atoms with van der Waals surface area (Å²) in [6, 6.07) is 8.31. The minimum absolute atomic E-state index is 0. The molecule has 1 aromatic rings. The fourth-order valence-electron chi connectivity index (χ4n) is 3.51. The molecule has 30 heavy (non-hydrogen) atoms. The van der Waals surface area contributed by atoms with Gasteiger partial charge in [-0.05, 0) is 48.8 Å². The van der Waals surface area contributed by atoms with Crippen LogP contribution in [0.25, 0.3) is 0 Å². The van der Waals surface area contributed by atoms with Gasteiger partial charge in [0, 0.05) is 33.1 Å². The van der Waals surface area contributed by atoms with Crippen molar-refractivity contribution in [2.24, 2.45) is 10.9 Å². The molecule has 6 nitrogen and oxygen atoms in total. The third kappa shape index (κ3) is 8.70. The highest BCUT2D eigenvalue weighted by molar-refractivity contribution is 14.0. The van der Waals surface area contributed by atoms with Crippen molar-refractivity contribution in [2.45, 2.75) is 52.4 Å². The van der Waals surface area contributed by atoms with E-state index < -0.39 is 0 Å². The van der Waals surface area contributed by atoms with Crippen LogP contribution in [0.4, 0.5) is 0 Å². The molecule has 1 heterocycles. The average molecular weight is 530 g/mol. The van der Waals surface area contributed by atoms with Gasteiger partial charge in [-0.15, -0.1) is 24.0 Å². The number of ether oxygens (including phenoxy) is 1. The van der Waals surface area contributed by atoms with E-state index in [0.29, 0.717) is 25.5 Å². The topological polar surface area (TPSA) is 66.0 Å². The maximum atomic E-state index is 11.6. The van der Waals surface area contributed by atoms with Crippen LogP contribution in [0.5, 0.6) is 5.75 Å². The van der Waals surface area contributed by atoms with Gasteiger partial charge in [0.15, 0.2) is 5.96 Å². The molecule has 0 spiro atoms. The van der Waals surface area contributed by atoms with E-state index >= 15 is 0 Å². The monoisotopic (exact) mass is 530 g/mol. The normalized spacial score (nSPS) is 15.4. The number of aliphatic imine (C=N–C) groups is 1. The van der Waals surface area contributed by atoms with E-state index in [0.717, 1.165) is 44.2 Å². The highest BCUT2D eigenvalue weighted by Gasteiger charge is 2.23. The molecule has 1 amide bonds. The number of carbonyl (C=O) groups excluding carboxylic acids is 1. The minimum atomic E-state index is 0. The van der Waals surface area contributed by atoms with Gasteiger partial charge in [-0.1, -0.05) is 32.9 Å². The lowest BCUT2D eigenvalue weighted by Crippen LogP contribution is -2.46. The number of amides is 1. The Morgan fingerprint density at radius 1 is 1.27 bits per heavy atom. The summed E-state index contributed by atoms with van der Waals surface area (Å²) in [6.07, 6.45) is 2.67. The summed E-state index contributed by atoms with van der Waals surface area (Å²) in [5, 5.41) is 6.11. The molecular weight excluding hydrogens is 491 g/mol. The van der Waals surface area contributed by atoms with E-state index in [1.807, 2.05) is 12.1 Å². The van der Waals surface area contributed by atoms with Crippen molar-refractivity contribution in [3.8, 4) is 5.75 Å². The van der Waals surface area contributed by atoms with Crippen LogP contribution < -0.4 is 15.4 Å². The summed E-state index contributed by atoms with van der Waals surface area (Å²) in [5.41, 5.74) is 1.38. The smallest absolute Gasteiger partial charge is 0.220 e. The number of carbonyl (C=O) groups is 1. The molecule has 0 unspecified atom stereocenters. The Morgan fingerprint density at radius 2 is 1.97 bits per heavy atom. The molecule has 0 bridgehead atoms. The van der Waals surface area contributed by atoms with E-state index in [1.165, 1.54) is 5.56 Å². The lowest BCUT2D eigenvalue weighted by molar-refractivity contribution is -0.121. The van der Waals surface area contributed by atoms with Crippen LogP contribution in [-0.4, -0.2) is 56.6 Å². The molecule has 0 saturated carbocycles. The Morgan fingerprint density at radius 3 is 2.57 bits per heavy atom. The summed E-state index contributed by atoms with van der Waals surface area (Å²) in [7, 11) is 1.70. The number of nitrogens with one attached hydrogen (secondary N) is 2. The maximum absolute atomic E-state index is 11.6. The average Bonchev–Trinajstić information content (AvgIpc) is 2.70. The summed E-state index contributed by atoms with van der Waals surface area (Å²) < 4.78 is 5.93. The first-order valence-electron chi connectivity index (χ1n) is 10.8. The van der Waals surface area contributed by atoms with Crippen LogP contribution in [0.2, 0.25) is 0 Å². The standard InChI is InChI=1S/C23H38N4O2.HI/c1-6-25-22(27-13-10-18(11-14-27)16-21(28)24-5)26-12-15-29-20-9-7-8-19(17-20)23(2,3)4;/h7-9,17-18H,6,10-16H2,1-5H3,(H,24,28)(H,25,26);1H. The summed E-state index contributed by atoms with van der Waals surface area (Å²) >= 11 is 0. The van der Waals surface area contributed by atoms with Gasteiger partial charge in [-0.3, -0.25) is 4.79 Å². The minimum Gasteiger partial charge on any atom is -0.492 e. The van der Waals surface area contributed by atoms with Gasteiger partial charge in [-0.2, -0.15) is 0 Å². The maximum Gasteiger partial charge on any atom is 0.220 e. The molecular formula is C23H39IN4O2. The predicted octanol–water partition coefficient (Wildman–Crippen LogP) is 3.79. The number of benzene rings is 1. The van der Waals surface area contributed by atoms with Crippen LogP contribution in [0.15, 0.2) is 29.3 Å². The van der Waals surface area contributed by atoms with E-state index in [4.69, 9.17) is 9.73 Å². The van der Waals surface area contributed by atoms with Gasteiger partial charge in [0.1, 0.15) is 12.4 Å². The van der Waals surface area contributed by atoms with Crippen molar-refractivity contribution in [1.82, 2.24) is 15.5 Å². The van der Waals surface area contributed by atoms with Crippen LogP contribution >= 0.6 is 24.0 Å². The number of likely N-dealkylation sites (tertiary alicyclic amines) is 1. The molecule has 1 aromatic carbocycles. The molecule has 170 valence electrons. The van der Waals surface area contributed by atoms with Crippen molar-refractivity contribution in [3.63, 3.8) is 0 Å². The largest absolute Gasteiger partial charge is 0.492 e. The van der Waals surface area contributed by atoms with Crippen molar-refractivity contribution >= 4 is 35.8 Å². The molecule has 2 rings (SSSR count). The lowest BCUT2D eigenvalue weighted by Gasteiger charge is -2.34. The van der Waals surface area contributed by atoms with Crippen LogP contribution in [0.3, 0.4) is 0 Å². The van der Waals surface area contributed by atoms with Crippen molar-refractivity contribution < 1.29 is 9.53 Å². The number of nitrogens with zero attached hydrogens (tertiary/aromatic N) is 2. The highest BCUT2D eigenvalue weighted by Crippen LogP contribution is 2.25. The van der Waals surface area contributed by atoms with Gasteiger partial charge >= 0.3 is 0 Å². The third-order valence-corrected chi connectivity index (χ3v) is 5.32. The van der Waals surface area contributed by atoms with E-state index in [-0.39, 0.29) is 35.3 Å². The van der Waals surface area contributed by atoms with Crippen LogP contribution in [-0.2, 0) is 10.2 Å². The Hall–Kier alpha value is -1.51. The first-order valence-corrected chi connectivity index (χ1v) is 10.8. The van der Waals surface area contributed by atoms with E-state index in [1.54, 1.807) is 7.05 Å².